The molecule has 0 atom stereocenters. The molecule has 0 aliphatic carbocycles. The van der Waals surface area contributed by atoms with Crippen molar-refractivity contribution in [3.8, 4) is 0 Å². The Kier molecular flexibility index (Phi) is 7.06. The van der Waals surface area contributed by atoms with Gasteiger partial charge in [-0.3, -0.25) is 5.32 Å². The van der Waals surface area contributed by atoms with E-state index in [2.05, 4.69) is 10.6 Å². The summed E-state index contributed by atoms with van der Waals surface area (Å²) in [6.45, 7) is 1.99. The number of anilines is 1. The monoisotopic (exact) mass is 439 g/mol. The maximum atomic E-state index is 12.4. The van der Waals surface area contributed by atoms with Crippen molar-refractivity contribution >= 4 is 34.8 Å². The van der Waals surface area contributed by atoms with Crippen LogP contribution in [0.1, 0.15) is 28.4 Å². The van der Waals surface area contributed by atoms with Crippen LogP contribution < -0.4 is 22.0 Å². The number of hydrogen-bond acceptors (Lipinski definition) is 7. The lowest BCUT2D eigenvalue weighted by Gasteiger charge is -2.10. The van der Waals surface area contributed by atoms with Gasteiger partial charge in [-0.05, 0) is 36.8 Å². The minimum absolute atomic E-state index is 0.156. The molecule has 3 aromatic rings. The van der Waals surface area contributed by atoms with Crippen molar-refractivity contribution in [3.05, 3.63) is 75.6 Å². The molecule has 2 aromatic carbocycles. The van der Waals surface area contributed by atoms with Gasteiger partial charge in [-0.15, -0.1) is 0 Å². The third kappa shape index (κ3) is 5.85. The van der Waals surface area contributed by atoms with Gasteiger partial charge < -0.3 is 24.9 Å². The summed E-state index contributed by atoms with van der Waals surface area (Å²) in [6.07, 6.45) is -0.629. The second kappa shape index (κ2) is 10.1. The Balaban J connectivity index is 1.71. The molecule has 0 fully saturated rings. The summed E-state index contributed by atoms with van der Waals surface area (Å²) in [7, 11) is 0. The fourth-order valence-corrected chi connectivity index (χ4v) is 2.89. The molecule has 166 valence electrons. The molecule has 4 N–H and O–H groups in total. The Hall–Kier alpha value is -4.34. The Morgan fingerprint density at radius 1 is 1.03 bits per heavy atom. The van der Waals surface area contributed by atoms with Crippen molar-refractivity contribution in [3.63, 3.8) is 0 Å². The standard InChI is InChI=1S/C22H21N3O7/c1-2-30-22(29)25-16-7-8-17-15(9-19(26)32-18(17)10-16)12-31-20(27)14-5-3-13(4-6-14)11-24-21(23)28/h3-10H,2,11-12H2,1H3,(H,25,29)(H3,23,24,28). The van der Waals surface area contributed by atoms with E-state index in [1.807, 2.05) is 0 Å². The first-order valence-corrected chi connectivity index (χ1v) is 9.65. The summed E-state index contributed by atoms with van der Waals surface area (Å²) in [5.41, 5.74) is 6.54. The largest absolute Gasteiger partial charge is 0.457 e. The molecule has 3 amide bonds. The lowest BCUT2D eigenvalue weighted by Crippen LogP contribution is -2.28. The van der Waals surface area contributed by atoms with Crippen molar-refractivity contribution in [1.29, 1.82) is 0 Å². The lowest BCUT2D eigenvalue weighted by molar-refractivity contribution is 0.0473. The first-order valence-electron chi connectivity index (χ1n) is 9.65. The van der Waals surface area contributed by atoms with E-state index in [1.54, 1.807) is 43.3 Å². The number of urea groups is 1. The number of rotatable bonds is 7. The highest BCUT2D eigenvalue weighted by molar-refractivity contribution is 5.91. The van der Waals surface area contributed by atoms with Crippen LogP contribution in [0.25, 0.3) is 11.0 Å². The van der Waals surface area contributed by atoms with Crippen molar-refractivity contribution in [2.24, 2.45) is 5.73 Å². The molecule has 1 heterocycles. The predicted molar refractivity (Wildman–Crippen MR) is 115 cm³/mol. The van der Waals surface area contributed by atoms with E-state index in [0.29, 0.717) is 22.2 Å². The number of amides is 3. The average Bonchev–Trinajstić information content (AvgIpc) is 2.76. The molecule has 10 heteroatoms. The summed E-state index contributed by atoms with van der Waals surface area (Å²) in [4.78, 5) is 46.7. The number of carbonyl (C=O) groups is 3. The van der Waals surface area contributed by atoms with Crippen molar-refractivity contribution in [2.45, 2.75) is 20.1 Å². The molecule has 0 saturated heterocycles. The van der Waals surface area contributed by atoms with Gasteiger partial charge >= 0.3 is 23.7 Å². The second-order valence-electron chi connectivity index (χ2n) is 6.64. The highest BCUT2D eigenvalue weighted by Gasteiger charge is 2.12. The van der Waals surface area contributed by atoms with Crippen LogP contribution in [0, 0.1) is 0 Å². The summed E-state index contributed by atoms with van der Waals surface area (Å²) < 4.78 is 15.4. The van der Waals surface area contributed by atoms with Crippen LogP contribution >= 0.6 is 0 Å². The normalized spacial score (nSPS) is 10.4. The fraction of sp³-hybridized carbons (Fsp3) is 0.182. The Morgan fingerprint density at radius 3 is 2.47 bits per heavy atom. The minimum atomic E-state index is -0.642. The van der Waals surface area contributed by atoms with Gasteiger partial charge in [0, 0.05) is 35.3 Å². The molecule has 0 saturated carbocycles. The average molecular weight is 439 g/mol. The summed E-state index contributed by atoms with van der Waals surface area (Å²) >= 11 is 0. The summed E-state index contributed by atoms with van der Waals surface area (Å²) in [5, 5.41) is 5.54. The van der Waals surface area contributed by atoms with E-state index in [4.69, 9.17) is 19.6 Å². The highest BCUT2D eigenvalue weighted by Crippen LogP contribution is 2.22. The lowest BCUT2D eigenvalue weighted by atomic mass is 10.1. The smallest absolute Gasteiger partial charge is 0.411 e. The van der Waals surface area contributed by atoms with Gasteiger partial charge in [0.1, 0.15) is 12.2 Å². The highest BCUT2D eigenvalue weighted by atomic mass is 16.5. The molecule has 1 aromatic heterocycles. The topological polar surface area (TPSA) is 150 Å². The third-order valence-electron chi connectivity index (χ3n) is 4.37. The van der Waals surface area contributed by atoms with Gasteiger partial charge in [-0.2, -0.15) is 0 Å². The summed E-state index contributed by atoms with van der Waals surface area (Å²) in [6, 6.07) is 11.8. The van der Waals surface area contributed by atoms with Crippen LogP contribution in [-0.4, -0.2) is 24.7 Å². The quantitative estimate of drug-likeness (QED) is 0.378. The van der Waals surface area contributed by atoms with Crippen LogP contribution in [0.3, 0.4) is 0 Å². The Bertz CT molecular complexity index is 1200. The minimum Gasteiger partial charge on any atom is -0.457 e. The van der Waals surface area contributed by atoms with Gasteiger partial charge in [0.2, 0.25) is 0 Å². The van der Waals surface area contributed by atoms with Crippen LogP contribution in [0.5, 0.6) is 0 Å². The number of fused-ring (bicyclic) bond motifs is 1. The molecule has 0 unspecified atom stereocenters. The first kappa shape index (κ1) is 22.3. The molecule has 0 aliphatic rings. The summed E-state index contributed by atoms with van der Waals surface area (Å²) in [5.74, 6) is -0.582. The first-order chi connectivity index (χ1) is 15.4. The number of benzene rings is 2. The molecular weight excluding hydrogens is 418 g/mol. The number of primary amides is 1. The molecule has 3 rings (SSSR count). The van der Waals surface area contributed by atoms with Crippen LogP contribution in [0.15, 0.2) is 57.7 Å². The number of ether oxygens (including phenoxy) is 2. The molecular formula is C22H21N3O7. The number of esters is 1. The molecule has 0 radical (unpaired) electrons. The van der Waals surface area contributed by atoms with E-state index in [9.17, 15) is 19.2 Å². The van der Waals surface area contributed by atoms with E-state index in [0.717, 1.165) is 5.56 Å². The zero-order chi connectivity index (χ0) is 23.1. The van der Waals surface area contributed by atoms with Gasteiger partial charge in [-0.25, -0.2) is 19.2 Å². The van der Waals surface area contributed by atoms with Gasteiger partial charge in [0.15, 0.2) is 0 Å². The number of nitrogens with one attached hydrogen (secondary N) is 2. The number of nitrogens with two attached hydrogens (primary N) is 1. The van der Waals surface area contributed by atoms with E-state index < -0.39 is 23.7 Å². The van der Waals surface area contributed by atoms with E-state index in [1.165, 1.54) is 12.1 Å². The number of hydrogen-bond donors (Lipinski definition) is 3. The van der Waals surface area contributed by atoms with Crippen molar-refractivity contribution < 1.29 is 28.3 Å². The fourth-order valence-electron chi connectivity index (χ4n) is 2.89. The van der Waals surface area contributed by atoms with Crippen LogP contribution in [0.4, 0.5) is 15.3 Å². The van der Waals surface area contributed by atoms with Gasteiger partial charge in [0.05, 0.1) is 12.2 Å². The van der Waals surface area contributed by atoms with Crippen LogP contribution in [0.2, 0.25) is 0 Å². The Morgan fingerprint density at radius 2 is 1.78 bits per heavy atom. The van der Waals surface area contributed by atoms with E-state index >= 15 is 0 Å². The zero-order valence-electron chi connectivity index (χ0n) is 17.2. The van der Waals surface area contributed by atoms with Crippen molar-refractivity contribution in [1.82, 2.24) is 5.32 Å². The second-order valence-corrected chi connectivity index (χ2v) is 6.64. The molecule has 10 nitrogen and oxygen atoms in total. The predicted octanol–water partition coefficient (Wildman–Crippen LogP) is 2.89. The third-order valence-corrected chi connectivity index (χ3v) is 4.37. The molecule has 0 spiro atoms. The van der Waals surface area contributed by atoms with Crippen LogP contribution in [-0.2, 0) is 22.6 Å². The maximum absolute atomic E-state index is 12.4. The van der Waals surface area contributed by atoms with Gasteiger partial charge in [-0.1, -0.05) is 12.1 Å². The molecule has 32 heavy (non-hydrogen) atoms. The maximum Gasteiger partial charge on any atom is 0.411 e. The zero-order valence-corrected chi connectivity index (χ0v) is 17.2. The molecule has 0 aliphatic heterocycles. The van der Waals surface area contributed by atoms with E-state index in [-0.39, 0.29) is 25.3 Å². The molecule has 0 bridgehead atoms. The van der Waals surface area contributed by atoms with Crippen molar-refractivity contribution in [2.75, 3.05) is 11.9 Å². The SMILES string of the molecule is CCOC(=O)Nc1ccc2c(COC(=O)c3ccc(CNC(N)=O)cc3)cc(=O)oc2c1. The van der Waals surface area contributed by atoms with Gasteiger partial charge in [0.25, 0.3) is 0 Å². The Labute approximate surface area is 182 Å². The number of carbonyl (C=O) groups excluding carboxylic acids is 3.